The summed E-state index contributed by atoms with van der Waals surface area (Å²) >= 11 is 0. The van der Waals surface area contributed by atoms with Gasteiger partial charge in [0.25, 0.3) is 5.56 Å². The number of aromatic nitrogens is 2. The molecule has 5 N–H and O–H groups in total. The molecular formula is C25H33FN6O. The molecule has 1 unspecified atom stereocenters. The van der Waals surface area contributed by atoms with Gasteiger partial charge in [0.1, 0.15) is 6.17 Å². The summed E-state index contributed by atoms with van der Waals surface area (Å²) in [5.41, 5.74) is 9.45. The average Bonchev–Trinajstić information content (AvgIpc) is 2.84. The van der Waals surface area contributed by atoms with E-state index in [0.717, 1.165) is 42.8 Å². The van der Waals surface area contributed by atoms with Gasteiger partial charge in [-0.1, -0.05) is 12.1 Å². The van der Waals surface area contributed by atoms with Crippen LogP contribution >= 0.6 is 0 Å². The summed E-state index contributed by atoms with van der Waals surface area (Å²) in [5, 5.41) is 15.7. The predicted molar refractivity (Wildman–Crippen MR) is 127 cm³/mol. The Hall–Kier alpha value is -2.76. The fourth-order valence-corrected chi connectivity index (χ4v) is 5.10. The van der Waals surface area contributed by atoms with E-state index < -0.39 is 6.17 Å². The van der Waals surface area contributed by atoms with Crippen LogP contribution in [-0.2, 0) is 6.42 Å². The van der Waals surface area contributed by atoms with Crippen LogP contribution in [0.25, 0.3) is 0 Å². The number of H-pyrrole nitrogens is 1. The van der Waals surface area contributed by atoms with Crippen molar-refractivity contribution in [1.82, 2.24) is 15.3 Å². The van der Waals surface area contributed by atoms with Gasteiger partial charge in [0.05, 0.1) is 17.3 Å². The highest BCUT2D eigenvalue weighted by molar-refractivity contribution is 5.36. The van der Waals surface area contributed by atoms with E-state index in [1.165, 1.54) is 0 Å². The monoisotopic (exact) mass is 452 g/mol. The number of nitrogens with zero attached hydrogens (tertiary/aromatic N) is 2. The first-order valence-electron chi connectivity index (χ1n) is 12.0. The van der Waals surface area contributed by atoms with E-state index in [1.807, 2.05) is 18.2 Å². The fourth-order valence-electron chi connectivity index (χ4n) is 5.10. The average molecular weight is 453 g/mol. The lowest BCUT2D eigenvalue weighted by Crippen LogP contribution is -2.34. The summed E-state index contributed by atoms with van der Waals surface area (Å²) in [5.74, 6) is 0.745. The fraction of sp³-hybridized carbons (Fsp3) is 0.560. The third-order valence-corrected chi connectivity index (χ3v) is 6.86. The van der Waals surface area contributed by atoms with E-state index in [0.29, 0.717) is 50.2 Å². The third-order valence-electron chi connectivity index (χ3n) is 6.86. The van der Waals surface area contributed by atoms with Crippen molar-refractivity contribution in [2.75, 3.05) is 25.0 Å². The first-order chi connectivity index (χ1) is 16.0. The van der Waals surface area contributed by atoms with Crippen molar-refractivity contribution in [3.8, 4) is 6.07 Å². The molecule has 1 aromatic carbocycles. The zero-order chi connectivity index (χ0) is 23.2. The summed E-state index contributed by atoms with van der Waals surface area (Å²) < 4.78 is 13.7. The second kappa shape index (κ2) is 10.9. The van der Waals surface area contributed by atoms with Crippen LogP contribution < -0.4 is 21.9 Å². The molecule has 0 spiro atoms. The smallest absolute Gasteiger partial charge is 0.256 e. The van der Waals surface area contributed by atoms with E-state index in [1.54, 1.807) is 6.07 Å². The van der Waals surface area contributed by atoms with Crippen molar-refractivity contribution in [1.29, 1.82) is 5.26 Å². The number of hydrogen-bond donors (Lipinski definition) is 4. The molecule has 7 nitrogen and oxygen atoms in total. The molecule has 1 aromatic heterocycles. The summed E-state index contributed by atoms with van der Waals surface area (Å²) in [6.07, 6.45) is 4.15. The number of hydrogen-bond acceptors (Lipinski definition) is 6. The van der Waals surface area contributed by atoms with Crippen molar-refractivity contribution in [2.45, 2.75) is 69.0 Å². The number of nitrogens with two attached hydrogens (primary N) is 1. The maximum atomic E-state index is 13.7. The standard InChI is InChI=1S/C25H33FN6O/c26-20-6-4-18(5-7-20)22-23(19-8-10-29-11-9-19)31-25(32-24(22)33)30-15-21(28)13-16-2-1-3-17(12-16)14-27/h1-3,12,18-21,29H,4-11,13,15,28H2,(H2,30,31,32,33). The minimum atomic E-state index is -0.757. The lowest BCUT2D eigenvalue weighted by molar-refractivity contribution is 0.234. The Morgan fingerprint density at radius 3 is 2.67 bits per heavy atom. The molecule has 2 fully saturated rings. The second-order valence-electron chi connectivity index (χ2n) is 9.34. The van der Waals surface area contributed by atoms with Gasteiger partial charge in [-0.15, -0.1) is 0 Å². The molecule has 2 heterocycles. The molecule has 0 bridgehead atoms. The zero-order valence-electron chi connectivity index (χ0n) is 18.9. The molecule has 1 atom stereocenters. The number of aromatic amines is 1. The summed E-state index contributed by atoms with van der Waals surface area (Å²) in [6, 6.07) is 9.37. The highest BCUT2D eigenvalue weighted by Crippen LogP contribution is 2.37. The number of halogens is 1. The van der Waals surface area contributed by atoms with Gasteiger partial charge in [-0.05, 0) is 81.6 Å². The molecule has 1 aliphatic carbocycles. The molecule has 1 saturated heterocycles. The lowest BCUT2D eigenvalue weighted by atomic mass is 9.80. The van der Waals surface area contributed by atoms with Crippen LogP contribution in [0.4, 0.5) is 10.3 Å². The molecule has 2 aromatic rings. The first-order valence-corrected chi connectivity index (χ1v) is 12.0. The Morgan fingerprint density at radius 1 is 1.18 bits per heavy atom. The molecule has 8 heteroatoms. The minimum absolute atomic E-state index is 0.0712. The molecule has 0 amide bonds. The molecule has 33 heavy (non-hydrogen) atoms. The van der Waals surface area contributed by atoms with Gasteiger partial charge in [-0.3, -0.25) is 9.78 Å². The van der Waals surface area contributed by atoms with Crippen LogP contribution in [0.5, 0.6) is 0 Å². The Morgan fingerprint density at radius 2 is 1.94 bits per heavy atom. The lowest BCUT2D eigenvalue weighted by Gasteiger charge is -2.29. The molecule has 4 rings (SSSR count). The Kier molecular flexibility index (Phi) is 7.73. The van der Waals surface area contributed by atoms with Crippen molar-refractivity contribution < 1.29 is 4.39 Å². The number of piperidine rings is 1. The van der Waals surface area contributed by atoms with Gasteiger partial charge in [0.2, 0.25) is 5.95 Å². The van der Waals surface area contributed by atoms with Crippen molar-refractivity contribution >= 4 is 5.95 Å². The molecule has 1 aliphatic heterocycles. The van der Waals surface area contributed by atoms with Crippen molar-refractivity contribution in [3.05, 3.63) is 57.0 Å². The molecular weight excluding hydrogens is 419 g/mol. The van der Waals surface area contributed by atoms with Gasteiger partial charge in [-0.25, -0.2) is 9.37 Å². The Balaban J connectivity index is 1.50. The summed E-state index contributed by atoms with van der Waals surface area (Å²) in [6.45, 7) is 2.26. The van der Waals surface area contributed by atoms with E-state index in [2.05, 4.69) is 21.7 Å². The van der Waals surface area contributed by atoms with Gasteiger partial charge in [0.15, 0.2) is 0 Å². The molecule has 2 aliphatic rings. The number of nitriles is 1. The summed E-state index contributed by atoms with van der Waals surface area (Å²) in [4.78, 5) is 21.0. The summed E-state index contributed by atoms with van der Waals surface area (Å²) in [7, 11) is 0. The number of anilines is 1. The normalized spacial score (nSPS) is 22.5. The van der Waals surface area contributed by atoms with Crippen LogP contribution in [0.3, 0.4) is 0 Å². The maximum absolute atomic E-state index is 13.7. The van der Waals surface area contributed by atoms with E-state index >= 15 is 0 Å². The third kappa shape index (κ3) is 5.98. The highest BCUT2D eigenvalue weighted by atomic mass is 19.1. The first kappa shape index (κ1) is 23.4. The van der Waals surface area contributed by atoms with Gasteiger partial charge in [-0.2, -0.15) is 5.26 Å². The zero-order valence-corrected chi connectivity index (χ0v) is 18.9. The van der Waals surface area contributed by atoms with Crippen LogP contribution in [0.1, 0.15) is 72.7 Å². The number of alkyl halides is 1. The number of rotatable bonds is 7. The SMILES string of the molecule is N#Cc1cccc(CC(N)CNc2nc(C3CCNCC3)c(C3CCC(F)CC3)c(=O)[nH]2)c1. The maximum Gasteiger partial charge on any atom is 0.256 e. The van der Waals surface area contributed by atoms with Crippen LogP contribution in [0.2, 0.25) is 0 Å². The predicted octanol–water partition coefficient (Wildman–Crippen LogP) is 3.09. The second-order valence-corrected chi connectivity index (χ2v) is 9.34. The Labute approximate surface area is 194 Å². The number of nitrogens with one attached hydrogen (secondary N) is 3. The van der Waals surface area contributed by atoms with Crippen LogP contribution in [0, 0.1) is 11.3 Å². The van der Waals surface area contributed by atoms with Gasteiger partial charge < -0.3 is 16.4 Å². The van der Waals surface area contributed by atoms with Crippen LogP contribution in [-0.4, -0.2) is 41.8 Å². The highest BCUT2D eigenvalue weighted by Gasteiger charge is 2.30. The topological polar surface area (TPSA) is 120 Å². The van der Waals surface area contributed by atoms with Gasteiger partial charge >= 0.3 is 0 Å². The Bertz CT molecular complexity index is 1030. The number of benzene rings is 1. The quantitative estimate of drug-likeness (QED) is 0.513. The van der Waals surface area contributed by atoms with E-state index in [-0.39, 0.29) is 23.4 Å². The van der Waals surface area contributed by atoms with E-state index in [9.17, 15) is 9.18 Å². The van der Waals surface area contributed by atoms with Crippen LogP contribution in [0.15, 0.2) is 29.1 Å². The van der Waals surface area contributed by atoms with E-state index in [4.69, 9.17) is 16.0 Å². The minimum Gasteiger partial charge on any atom is -0.354 e. The largest absolute Gasteiger partial charge is 0.354 e. The van der Waals surface area contributed by atoms with Gasteiger partial charge in [0, 0.05) is 24.1 Å². The molecule has 176 valence electrons. The van der Waals surface area contributed by atoms with Crippen molar-refractivity contribution in [3.63, 3.8) is 0 Å². The molecule has 0 radical (unpaired) electrons. The molecule has 1 saturated carbocycles. The van der Waals surface area contributed by atoms with Crippen molar-refractivity contribution in [2.24, 2.45) is 5.73 Å².